The molecule has 1 aromatic heterocycles. The highest BCUT2D eigenvalue weighted by Crippen LogP contribution is 2.37. The highest BCUT2D eigenvalue weighted by Gasteiger charge is 2.28. The van der Waals surface area contributed by atoms with E-state index in [1.165, 1.54) is 12.1 Å². The lowest BCUT2D eigenvalue weighted by molar-refractivity contribution is -0.0328. The van der Waals surface area contributed by atoms with E-state index in [0.29, 0.717) is 22.0 Å². The lowest BCUT2D eigenvalue weighted by Crippen LogP contribution is -1.99. The maximum Gasteiger partial charge on any atom is 0.446 e. The smallest absolute Gasteiger partial charge is 0.340 e. The van der Waals surface area contributed by atoms with Gasteiger partial charge in [-0.3, -0.25) is 0 Å². The van der Waals surface area contributed by atoms with Gasteiger partial charge in [0.25, 0.3) is 0 Å². The molecule has 0 aliphatic rings. The van der Waals surface area contributed by atoms with Gasteiger partial charge in [0.2, 0.25) is 0 Å². The summed E-state index contributed by atoms with van der Waals surface area (Å²) in [4.78, 5) is 4.56. The number of fused-ring (bicyclic) bond motifs is 1. The van der Waals surface area contributed by atoms with Crippen molar-refractivity contribution in [2.24, 2.45) is 0 Å². The quantitative estimate of drug-likeness (QED) is 0.563. The Morgan fingerprint density at radius 2 is 1.70 bits per heavy atom. The van der Waals surface area contributed by atoms with Crippen molar-refractivity contribution < 1.29 is 13.2 Å². The number of pyridine rings is 1. The van der Waals surface area contributed by atoms with Crippen molar-refractivity contribution in [1.29, 1.82) is 0 Å². The molecule has 3 rings (SSSR count). The average Bonchev–Trinajstić information content (AvgIpc) is 2.49. The van der Waals surface area contributed by atoms with Crippen LogP contribution < -0.4 is 5.32 Å². The standard InChI is InChI=1S/C16H10ClF3N2S/c17-13-3-1-2-10-4-9-14(22-15(10)13)21-11-5-7-12(8-6-11)23-16(18,19)20/h1-9H,(H,21,22). The van der Waals surface area contributed by atoms with Crippen LogP contribution in [0.3, 0.4) is 0 Å². The van der Waals surface area contributed by atoms with E-state index in [2.05, 4.69) is 10.3 Å². The van der Waals surface area contributed by atoms with Gasteiger partial charge in [-0.15, -0.1) is 0 Å². The minimum absolute atomic E-state index is 0.137. The first-order chi connectivity index (χ1) is 10.9. The molecule has 0 bridgehead atoms. The molecule has 118 valence electrons. The van der Waals surface area contributed by atoms with Gasteiger partial charge < -0.3 is 5.32 Å². The zero-order chi connectivity index (χ0) is 16.4. The summed E-state index contributed by atoms with van der Waals surface area (Å²) < 4.78 is 36.9. The number of benzene rings is 2. The van der Waals surface area contributed by atoms with Crippen LogP contribution in [0.2, 0.25) is 5.02 Å². The zero-order valence-electron chi connectivity index (χ0n) is 11.6. The van der Waals surface area contributed by atoms with E-state index in [4.69, 9.17) is 11.6 Å². The molecule has 7 heteroatoms. The molecule has 3 aromatic rings. The second kappa shape index (κ2) is 6.29. The molecule has 0 unspecified atom stereocenters. The Bertz CT molecular complexity index is 835. The van der Waals surface area contributed by atoms with Crippen molar-refractivity contribution in [2.45, 2.75) is 10.4 Å². The van der Waals surface area contributed by atoms with Gasteiger partial charge in [0.15, 0.2) is 0 Å². The molecule has 0 saturated heterocycles. The first kappa shape index (κ1) is 16.0. The normalized spacial score (nSPS) is 11.7. The Morgan fingerprint density at radius 3 is 2.39 bits per heavy atom. The number of alkyl halides is 3. The zero-order valence-corrected chi connectivity index (χ0v) is 13.1. The molecule has 1 heterocycles. The van der Waals surface area contributed by atoms with Gasteiger partial charge in [0.1, 0.15) is 5.82 Å². The summed E-state index contributed by atoms with van der Waals surface area (Å²) in [5, 5.41) is 4.51. The van der Waals surface area contributed by atoms with Crippen LogP contribution in [0.5, 0.6) is 0 Å². The fourth-order valence-corrected chi connectivity index (χ4v) is 2.83. The summed E-state index contributed by atoms with van der Waals surface area (Å²) in [5.41, 5.74) is -2.97. The van der Waals surface area contributed by atoms with Crippen LogP contribution in [0.4, 0.5) is 24.7 Å². The van der Waals surface area contributed by atoms with Crippen molar-refractivity contribution in [1.82, 2.24) is 4.98 Å². The van der Waals surface area contributed by atoms with Gasteiger partial charge in [0, 0.05) is 16.0 Å². The number of hydrogen-bond acceptors (Lipinski definition) is 3. The van der Waals surface area contributed by atoms with Crippen molar-refractivity contribution in [3.05, 3.63) is 59.6 Å². The molecule has 0 radical (unpaired) electrons. The van der Waals surface area contributed by atoms with Gasteiger partial charge in [-0.25, -0.2) is 4.98 Å². The topological polar surface area (TPSA) is 24.9 Å². The first-order valence-corrected chi connectivity index (χ1v) is 7.78. The fraction of sp³-hybridized carbons (Fsp3) is 0.0625. The Hall–Kier alpha value is -1.92. The predicted molar refractivity (Wildman–Crippen MR) is 88.4 cm³/mol. The van der Waals surface area contributed by atoms with E-state index in [1.807, 2.05) is 18.2 Å². The summed E-state index contributed by atoms with van der Waals surface area (Å²) in [6.45, 7) is 0. The number of thioether (sulfide) groups is 1. The largest absolute Gasteiger partial charge is 0.446 e. The van der Waals surface area contributed by atoms with Crippen LogP contribution in [0.25, 0.3) is 10.9 Å². The molecule has 0 spiro atoms. The number of halogens is 4. The number of anilines is 2. The second-order valence-electron chi connectivity index (χ2n) is 4.71. The first-order valence-electron chi connectivity index (χ1n) is 6.59. The molecular formula is C16H10ClF3N2S. The van der Waals surface area contributed by atoms with Crippen molar-refractivity contribution in [3.8, 4) is 0 Å². The molecule has 0 saturated carbocycles. The van der Waals surface area contributed by atoms with Crippen LogP contribution in [-0.2, 0) is 0 Å². The van der Waals surface area contributed by atoms with Crippen LogP contribution >= 0.6 is 23.4 Å². The Morgan fingerprint density at radius 1 is 0.957 bits per heavy atom. The third kappa shape index (κ3) is 4.09. The van der Waals surface area contributed by atoms with Crippen LogP contribution in [0, 0.1) is 0 Å². The summed E-state index contributed by atoms with van der Waals surface area (Å²) in [5.74, 6) is 0.571. The van der Waals surface area contributed by atoms with Gasteiger partial charge in [-0.1, -0.05) is 23.7 Å². The molecule has 1 N–H and O–H groups in total. The molecule has 0 aliphatic heterocycles. The molecular weight excluding hydrogens is 345 g/mol. The van der Waals surface area contributed by atoms with E-state index >= 15 is 0 Å². The molecule has 23 heavy (non-hydrogen) atoms. The fourth-order valence-electron chi connectivity index (χ4n) is 2.07. The molecule has 0 aliphatic carbocycles. The van der Waals surface area contributed by atoms with Crippen molar-refractivity contribution in [3.63, 3.8) is 0 Å². The molecule has 0 fully saturated rings. The van der Waals surface area contributed by atoms with E-state index in [9.17, 15) is 13.2 Å². The molecule has 2 nitrogen and oxygen atoms in total. The second-order valence-corrected chi connectivity index (χ2v) is 6.25. The highest BCUT2D eigenvalue weighted by molar-refractivity contribution is 8.00. The van der Waals surface area contributed by atoms with E-state index in [1.54, 1.807) is 24.3 Å². The lowest BCUT2D eigenvalue weighted by atomic mass is 10.2. The summed E-state index contributed by atoms with van der Waals surface area (Å²) in [7, 11) is 0. The van der Waals surface area contributed by atoms with E-state index < -0.39 is 5.51 Å². The van der Waals surface area contributed by atoms with Crippen molar-refractivity contribution in [2.75, 3.05) is 5.32 Å². The maximum atomic E-state index is 12.3. The van der Waals surface area contributed by atoms with Gasteiger partial charge in [0.05, 0.1) is 10.5 Å². The average molecular weight is 355 g/mol. The predicted octanol–water partition coefficient (Wildman–Crippen LogP) is 6.24. The van der Waals surface area contributed by atoms with Gasteiger partial charge in [-0.05, 0) is 54.2 Å². The minimum atomic E-state index is -4.29. The van der Waals surface area contributed by atoms with Gasteiger partial charge in [-0.2, -0.15) is 13.2 Å². The summed E-state index contributed by atoms with van der Waals surface area (Å²) in [6.07, 6.45) is 0. The molecule has 0 amide bonds. The Balaban J connectivity index is 1.80. The number of rotatable bonds is 3. The third-order valence-electron chi connectivity index (χ3n) is 3.03. The number of aromatic nitrogens is 1. The van der Waals surface area contributed by atoms with Crippen molar-refractivity contribution >= 4 is 45.8 Å². The third-order valence-corrected chi connectivity index (χ3v) is 4.08. The Labute approximate surface area is 139 Å². The number of nitrogens with zero attached hydrogens (tertiary/aromatic N) is 1. The number of hydrogen-bond donors (Lipinski definition) is 1. The lowest BCUT2D eigenvalue weighted by Gasteiger charge is -2.09. The monoisotopic (exact) mass is 354 g/mol. The van der Waals surface area contributed by atoms with Crippen LogP contribution in [0.15, 0.2) is 59.5 Å². The van der Waals surface area contributed by atoms with E-state index in [0.717, 1.165) is 5.39 Å². The Kier molecular flexibility index (Phi) is 4.37. The maximum absolute atomic E-state index is 12.3. The summed E-state index contributed by atoms with van der Waals surface area (Å²) in [6, 6.07) is 15.1. The summed E-state index contributed by atoms with van der Waals surface area (Å²) >= 11 is 5.97. The number of para-hydroxylation sites is 1. The number of nitrogens with one attached hydrogen (secondary N) is 1. The SMILES string of the molecule is FC(F)(F)Sc1ccc(Nc2ccc3cccc(Cl)c3n2)cc1. The molecule has 0 atom stereocenters. The van der Waals surface area contributed by atoms with Crippen LogP contribution in [0.1, 0.15) is 0 Å². The van der Waals surface area contributed by atoms with E-state index in [-0.39, 0.29) is 16.7 Å². The highest BCUT2D eigenvalue weighted by atomic mass is 35.5. The van der Waals surface area contributed by atoms with Crippen LogP contribution in [-0.4, -0.2) is 10.5 Å². The minimum Gasteiger partial charge on any atom is -0.340 e. The van der Waals surface area contributed by atoms with Gasteiger partial charge >= 0.3 is 5.51 Å². The molecule has 2 aromatic carbocycles.